The molecule has 104 valence electrons. The number of benzene rings is 2. The van der Waals surface area contributed by atoms with Gasteiger partial charge in [-0.1, -0.05) is 29.8 Å². The normalized spacial score (nSPS) is 10.3. The van der Waals surface area contributed by atoms with Gasteiger partial charge < -0.3 is 5.32 Å². The lowest BCUT2D eigenvalue weighted by molar-refractivity contribution is -0.115. The van der Waals surface area contributed by atoms with Gasteiger partial charge in [0.05, 0.1) is 5.69 Å². The van der Waals surface area contributed by atoms with Crippen molar-refractivity contribution in [3.63, 3.8) is 0 Å². The molecular formula is C15H13ClFNOS. The van der Waals surface area contributed by atoms with Crippen molar-refractivity contribution in [1.29, 1.82) is 0 Å². The molecular weight excluding hydrogens is 297 g/mol. The number of hydrogen-bond donors (Lipinski definition) is 1. The molecule has 0 aliphatic rings. The number of thioether (sulfide) groups is 1. The van der Waals surface area contributed by atoms with E-state index in [0.717, 1.165) is 4.90 Å². The van der Waals surface area contributed by atoms with Gasteiger partial charge >= 0.3 is 0 Å². The molecule has 0 heterocycles. The molecule has 0 aromatic heterocycles. The van der Waals surface area contributed by atoms with Crippen LogP contribution in [0.3, 0.4) is 0 Å². The fraction of sp³-hybridized carbons (Fsp3) is 0.133. The molecule has 0 fully saturated rings. The SMILES string of the molecule is O=C(CCSc1ccccc1)Nc1cc(Cl)ccc1F. The number of hydrogen-bond acceptors (Lipinski definition) is 2. The van der Waals surface area contributed by atoms with Crippen molar-refractivity contribution in [1.82, 2.24) is 0 Å². The average Bonchev–Trinajstić information content (AvgIpc) is 2.44. The van der Waals surface area contributed by atoms with Gasteiger partial charge in [-0.25, -0.2) is 4.39 Å². The minimum Gasteiger partial charge on any atom is -0.324 e. The fourth-order valence-corrected chi connectivity index (χ4v) is 2.63. The highest BCUT2D eigenvalue weighted by molar-refractivity contribution is 7.99. The number of carbonyl (C=O) groups excluding carboxylic acids is 1. The summed E-state index contributed by atoms with van der Waals surface area (Å²) in [5.74, 6) is -0.0778. The standard InChI is InChI=1S/C15H13ClFNOS/c16-11-6-7-13(17)14(10-11)18-15(19)8-9-20-12-4-2-1-3-5-12/h1-7,10H,8-9H2,(H,18,19). The first kappa shape index (κ1) is 14.9. The Morgan fingerprint density at radius 3 is 2.70 bits per heavy atom. The second-order valence-electron chi connectivity index (χ2n) is 4.08. The third kappa shape index (κ3) is 4.54. The monoisotopic (exact) mass is 309 g/mol. The third-order valence-electron chi connectivity index (χ3n) is 2.54. The van der Waals surface area contributed by atoms with E-state index in [-0.39, 0.29) is 11.6 Å². The van der Waals surface area contributed by atoms with Crippen LogP contribution in [0.5, 0.6) is 0 Å². The zero-order valence-electron chi connectivity index (χ0n) is 10.6. The van der Waals surface area contributed by atoms with Crippen molar-refractivity contribution in [2.45, 2.75) is 11.3 Å². The van der Waals surface area contributed by atoms with Crippen LogP contribution in [-0.4, -0.2) is 11.7 Å². The Kier molecular flexibility index (Phi) is 5.44. The second-order valence-corrected chi connectivity index (χ2v) is 5.69. The van der Waals surface area contributed by atoms with Gasteiger partial charge in [0.15, 0.2) is 0 Å². The summed E-state index contributed by atoms with van der Waals surface area (Å²) in [6.45, 7) is 0. The topological polar surface area (TPSA) is 29.1 Å². The number of carbonyl (C=O) groups is 1. The lowest BCUT2D eigenvalue weighted by atomic mass is 10.3. The Labute approximate surface area is 126 Å². The van der Waals surface area contributed by atoms with Crippen LogP contribution in [0.15, 0.2) is 53.4 Å². The van der Waals surface area contributed by atoms with Gasteiger partial charge in [-0.05, 0) is 30.3 Å². The van der Waals surface area contributed by atoms with E-state index < -0.39 is 5.82 Å². The summed E-state index contributed by atoms with van der Waals surface area (Å²) in [5.41, 5.74) is 0.118. The van der Waals surface area contributed by atoms with E-state index in [4.69, 9.17) is 11.6 Å². The Balaban J connectivity index is 1.82. The molecule has 0 unspecified atom stereocenters. The fourth-order valence-electron chi connectivity index (χ4n) is 1.58. The molecule has 0 saturated heterocycles. The van der Waals surface area contributed by atoms with Crippen LogP contribution in [0.1, 0.15) is 6.42 Å². The first-order chi connectivity index (χ1) is 9.65. The molecule has 5 heteroatoms. The summed E-state index contributed by atoms with van der Waals surface area (Å²) in [6, 6.07) is 13.9. The Morgan fingerprint density at radius 1 is 1.20 bits per heavy atom. The number of nitrogens with one attached hydrogen (secondary N) is 1. The molecule has 1 amide bonds. The molecule has 2 aromatic rings. The van der Waals surface area contributed by atoms with E-state index in [9.17, 15) is 9.18 Å². The minimum atomic E-state index is -0.488. The first-order valence-electron chi connectivity index (χ1n) is 6.08. The predicted octanol–water partition coefficient (Wildman–Crippen LogP) is 4.60. The lowest BCUT2D eigenvalue weighted by Gasteiger charge is -2.06. The minimum absolute atomic E-state index is 0.118. The molecule has 2 aromatic carbocycles. The van der Waals surface area contributed by atoms with Crippen molar-refractivity contribution in [2.75, 3.05) is 11.1 Å². The summed E-state index contributed by atoms with van der Waals surface area (Å²) in [7, 11) is 0. The van der Waals surface area contributed by atoms with Gasteiger partial charge in [-0.2, -0.15) is 0 Å². The summed E-state index contributed by atoms with van der Waals surface area (Å²) in [6.07, 6.45) is 0.311. The highest BCUT2D eigenvalue weighted by Gasteiger charge is 2.07. The van der Waals surface area contributed by atoms with Gasteiger partial charge in [0.1, 0.15) is 5.82 Å². The predicted molar refractivity (Wildman–Crippen MR) is 81.8 cm³/mol. The maximum atomic E-state index is 13.4. The zero-order valence-corrected chi connectivity index (χ0v) is 12.2. The molecule has 0 saturated carbocycles. The molecule has 2 rings (SSSR count). The number of rotatable bonds is 5. The van der Waals surface area contributed by atoms with Crippen LogP contribution in [0.2, 0.25) is 5.02 Å². The van der Waals surface area contributed by atoms with E-state index in [2.05, 4.69) is 5.32 Å². The maximum absolute atomic E-state index is 13.4. The van der Waals surface area contributed by atoms with Crippen molar-refractivity contribution < 1.29 is 9.18 Å². The quantitative estimate of drug-likeness (QED) is 0.818. The van der Waals surface area contributed by atoms with E-state index in [1.54, 1.807) is 11.8 Å². The molecule has 0 aliphatic carbocycles. The summed E-state index contributed by atoms with van der Waals surface area (Å²) in [4.78, 5) is 12.8. The molecule has 2 nitrogen and oxygen atoms in total. The zero-order chi connectivity index (χ0) is 14.4. The molecule has 0 radical (unpaired) electrons. The van der Waals surface area contributed by atoms with E-state index in [0.29, 0.717) is 17.2 Å². The highest BCUT2D eigenvalue weighted by atomic mass is 35.5. The van der Waals surface area contributed by atoms with Crippen LogP contribution in [0.4, 0.5) is 10.1 Å². The number of halogens is 2. The van der Waals surface area contributed by atoms with E-state index in [1.165, 1.54) is 18.2 Å². The van der Waals surface area contributed by atoms with Crippen LogP contribution in [-0.2, 0) is 4.79 Å². The van der Waals surface area contributed by atoms with Gasteiger partial charge in [0.2, 0.25) is 5.91 Å². The molecule has 0 bridgehead atoms. The van der Waals surface area contributed by atoms with Crippen LogP contribution < -0.4 is 5.32 Å². The summed E-state index contributed by atoms with van der Waals surface area (Å²) >= 11 is 7.35. The lowest BCUT2D eigenvalue weighted by Crippen LogP contribution is -2.13. The van der Waals surface area contributed by atoms with Crippen LogP contribution >= 0.6 is 23.4 Å². The van der Waals surface area contributed by atoms with Crippen molar-refractivity contribution in [3.8, 4) is 0 Å². The van der Waals surface area contributed by atoms with Crippen LogP contribution in [0.25, 0.3) is 0 Å². The van der Waals surface area contributed by atoms with Crippen molar-refractivity contribution >= 4 is 35.0 Å². The van der Waals surface area contributed by atoms with Gasteiger partial charge in [-0.15, -0.1) is 11.8 Å². The number of anilines is 1. The highest BCUT2D eigenvalue weighted by Crippen LogP contribution is 2.21. The second kappa shape index (κ2) is 7.31. The van der Waals surface area contributed by atoms with E-state index >= 15 is 0 Å². The Bertz CT molecular complexity index is 592. The van der Waals surface area contributed by atoms with Gasteiger partial charge in [0.25, 0.3) is 0 Å². The molecule has 1 N–H and O–H groups in total. The smallest absolute Gasteiger partial charge is 0.225 e. The summed E-state index contributed by atoms with van der Waals surface area (Å²) < 4.78 is 13.4. The maximum Gasteiger partial charge on any atom is 0.225 e. The first-order valence-corrected chi connectivity index (χ1v) is 7.44. The van der Waals surface area contributed by atoms with Gasteiger partial charge in [-0.3, -0.25) is 4.79 Å². The molecule has 0 aliphatic heterocycles. The third-order valence-corrected chi connectivity index (χ3v) is 3.79. The van der Waals surface area contributed by atoms with Crippen LogP contribution in [0, 0.1) is 5.82 Å². The molecule has 20 heavy (non-hydrogen) atoms. The van der Waals surface area contributed by atoms with Crippen molar-refractivity contribution in [3.05, 3.63) is 59.4 Å². The Hall–Kier alpha value is -1.52. The number of amides is 1. The molecule has 0 atom stereocenters. The van der Waals surface area contributed by atoms with Gasteiger partial charge in [0, 0.05) is 22.1 Å². The molecule has 0 spiro atoms. The summed E-state index contributed by atoms with van der Waals surface area (Å²) in [5, 5.41) is 2.91. The largest absolute Gasteiger partial charge is 0.324 e. The van der Waals surface area contributed by atoms with Crippen molar-refractivity contribution in [2.24, 2.45) is 0 Å². The average molecular weight is 310 g/mol. The Morgan fingerprint density at radius 2 is 1.95 bits per heavy atom. The van der Waals surface area contributed by atoms with E-state index in [1.807, 2.05) is 30.3 Å².